The molecule has 1 atom stereocenters. The summed E-state index contributed by atoms with van der Waals surface area (Å²) in [6.07, 6.45) is 2.35. The summed E-state index contributed by atoms with van der Waals surface area (Å²) in [6.45, 7) is 4.61. The lowest BCUT2D eigenvalue weighted by Gasteiger charge is -2.20. The predicted octanol–water partition coefficient (Wildman–Crippen LogP) is 4.04. The van der Waals surface area contributed by atoms with Crippen molar-refractivity contribution in [3.63, 3.8) is 0 Å². The van der Waals surface area contributed by atoms with Crippen LogP contribution < -0.4 is 10.6 Å². The van der Waals surface area contributed by atoms with Crippen LogP contribution in [0.3, 0.4) is 0 Å². The van der Waals surface area contributed by atoms with Gasteiger partial charge in [-0.3, -0.25) is 4.79 Å². The lowest BCUT2D eigenvalue weighted by atomic mass is 10.1. The minimum absolute atomic E-state index is 0.0255. The van der Waals surface area contributed by atoms with Gasteiger partial charge in [-0.05, 0) is 49.9 Å². The van der Waals surface area contributed by atoms with Gasteiger partial charge in [-0.15, -0.1) is 0 Å². The monoisotopic (exact) mass is 338 g/mol. The summed E-state index contributed by atoms with van der Waals surface area (Å²) in [5.74, 6) is 0.0255. The normalized spacial score (nSPS) is 15.0. The first-order chi connectivity index (χ1) is 12.1. The van der Waals surface area contributed by atoms with Crippen molar-refractivity contribution in [2.75, 3.05) is 5.32 Å². The molecule has 4 nitrogen and oxygen atoms in total. The van der Waals surface area contributed by atoms with E-state index in [-0.39, 0.29) is 12.0 Å². The molecule has 2 aromatic carbocycles. The minimum atomic E-state index is -0.400. The molecule has 0 heterocycles. The molecule has 2 N–H and O–H groups in total. The topological polar surface area (TPSA) is 50.4 Å². The van der Waals surface area contributed by atoms with Gasteiger partial charge in [0.1, 0.15) is 6.04 Å². The second kappa shape index (κ2) is 8.17. The van der Waals surface area contributed by atoms with Crippen molar-refractivity contribution in [1.82, 2.24) is 5.32 Å². The fraction of sp³-hybridized carbons (Fsp3) is 0.381. The van der Waals surface area contributed by atoms with Crippen LogP contribution >= 0.6 is 0 Å². The van der Waals surface area contributed by atoms with Crippen LogP contribution in [0.4, 0.5) is 5.69 Å². The highest BCUT2D eigenvalue weighted by molar-refractivity contribution is 5.86. The van der Waals surface area contributed by atoms with Gasteiger partial charge in [-0.25, -0.2) is 0 Å². The average Bonchev–Trinajstić information content (AvgIpc) is 3.43. The van der Waals surface area contributed by atoms with Crippen LogP contribution in [0.5, 0.6) is 0 Å². The van der Waals surface area contributed by atoms with E-state index in [1.54, 1.807) is 0 Å². The van der Waals surface area contributed by atoms with Crippen molar-refractivity contribution < 1.29 is 9.53 Å². The highest BCUT2D eigenvalue weighted by Crippen LogP contribution is 2.24. The summed E-state index contributed by atoms with van der Waals surface area (Å²) >= 11 is 0. The van der Waals surface area contributed by atoms with E-state index in [0.717, 1.165) is 29.7 Å². The molecule has 4 heteroatoms. The van der Waals surface area contributed by atoms with E-state index >= 15 is 0 Å². The molecule has 2 aromatic rings. The maximum Gasteiger partial charge on any atom is 0.247 e. The van der Waals surface area contributed by atoms with Crippen molar-refractivity contribution >= 4 is 11.6 Å². The number of nitrogens with one attached hydrogen (secondary N) is 2. The first-order valence-corrected chi connectivity index (χ1v) is 8.94. The molecule has 0 aliphatic heterocycles. The van der Waals surface area contributed by atoms with E-state index in [4.69, 9.17) is 4.74 Å². The van der Waals surface area contributed by atoms with E-state index in [1.807, 2.05) is 68.4 Å². The fourth-order valence-electron chi connectivity index (χ4n) is 2.64. The average molecular weight is 338 g/mol. The Labute approximate surface area is 149 Å². The first kappa shape index (κ1) is 17.5. The van der Waals surface area contributed by atoms with Crippen LogP contribution in [0.25, 0.3) is 0 Å². The number of ether oxygens (including phenoxy) is 1. The maximum atomic E-state index is 12.7. The van der Waals surface area contributed by atoms with E-state index in [0.29, 0.717) is 12.6 Å². The Balaban J connectivity index is 1.75. The van der Waals surface area contributed by atoms with Gasteiger partial charge < -0.3 is 15.4 Å². The zero-order valence-electron chi connectivity index (χ0n) is 14.9. The van der Waals surface area contributed by atoms with Crippen molar-refractivity contribution in [1.29, 1.82) is 0 Å². The molecule has 132 valence electrons. The second-order valence-electron chi connectivity index (χ2n) is 6.83. The number of hydrogen-bond donors (Lipinski definition) is 2. The van der Waals surface area contributed by atoms with Gasteiger partial charge in [0, 0.05) is 11.7 Å². The Bertz CT molecular complexity index is 696. The molecular formula is C21H26N2O2. The smallest absolute Gasteiger partial charge is 0.247 e. The molecule has 1 aliphatic carbocycles. The van der Waals surface area contributed by atoms with Gasteiger partial charge in [0.15, 0.2) is 0 Å². The Kier molecular flexibility index (Phi) is 5.71. The van der Waals surface area contributed by atoms with Crippen LogP contribution in [0, 0.1) is 0 Å². The largest absolute Gasteiger partial charge is 0.374 e. The lowest BCUT2D eigenvalue weighted by molar-refractivity contribution is -0.122. The number of benzene rings is 2. The highest BCUT2D eigenvalue weighted by atomic mass is 16.5. The van der Waals surface area contributed by atoms with Crippen LogP contribution in [0.15, 0.2) is 54.6 Å². The van der Waals surface area contributed by atoms with Crippen molar-refractivity contribution in [3.05, 3.63) is 65.7 Å². The Morgan fingerprint density at radius 2 is 1.88 bits per heavy atom. The molecule has 3 rings (SSSR count). The number of hydrogen-bond acceptors (Lipinski definition) is 3. The number of amides is 1. The summed E-state index contributed by atoms with van der Waals surface area (Å²) in [4.78, 5) is 12.7. The summed E-state index contributed by atoms with van der Waals surface area (Å²) in [6, 6.07) is 17.8. The molecule has 1 aliphatic rings. The van der Waals surface area contributed by atoms with Gasteiger partial charge >= 0.3 is 0 Å². The van der Waals surface area contributed by atoms with Gasteiger partial charge in [-0.2, -0.15) is 0 Å². The molecule has 1 amide bonds. The van der Waals surface area contributed by atoms with Crippen molar-refractivity contribution in [2.45, 2.75) is 51.5 Å². The molecule has 1 fully saturated rings. The quantitative estimate of drug-likeness (QED) is 0.764. The molecular weight excluding hydrogens is 312 g/mol. The van der Waals surface area contributed by atoms with E-state index < -0.39 is 6.04 Å². The number of anilines is 1. The predicted molar refractivity (Wildman–Crippen MR) is 100 cm³/mol. The number of carbonyl (C=O) groups is 1. The zero-order chi connectivity index (χ0) is 17.6. The zero-order valence-corrected chi connectivity index (χ0v) is 14.9. The molecule has 25 heavy (non-hydrogen) atoms. The van der Waals surface area contributed by atoms with Crippen LogP contribution in [-0.4, -0.2) is 18.1 Å². The molecule has 1 saturated carbocycles. The number of carbonyl (C=O) groups excluding carboxylic acids is 1. The highest BCUT2D eigenvalue weighted by Gasteiger charge is 2.28. The van der Waals surface area contributed by atoms with Gasteiger partial charge in [0.2, 0.25) is 5.91 Å². The lowest BCUT2D eigenvalue weighted by Crippen LogP contribution is -2.34. The van der Waals surface area contributed by atoms with Crippen molar-refractivity contribution in [2.24, 2.45) is 0 Å². The van der Waals surface area contributed by atoms with E-state index in [2.05, 4.69) is 10.6 Å². The summed E-state index contributed by atoms with van der Waals surface area (Å²) in [5.41, 5.74) is 2.97. The molecule has 0 unspecified atom stereocenters. The fourth-order valence-corrected chi connectivity index (χ4v) is 2.64. The van der Waals surface area contributed by atoms with Crippen LogP contribution in [-0.2, 0) is 16.1 Å². The first-order valence-electron chi connectivity index (χ1n) is 8.94. The molecule has 0 spiro atoms. The standard InChI is InChI=1S/C21H26N2O2/c1-15(2)25-14-16-7-6-10-19(13-16)22-20(17-8-4-3-5-9-17)21(24)23-18-11-12-18/h3-10,13,15,18,20,22H,11-12,14H2,1-2H3,(H,23,24)/t20-/m0/s1. The van der Waals surface area contributed by atoms with Crippen LogP contribution in [0.2, 0.25) is 0 Å². The second-order valence-corrected chi connectivity index (χ2v) is 6.83. The summed E-state index contributed by atoms with van der Waals surface area (Å²) in [7, 11) is 0. The van der Waals surface area contributed by atoms with Gasteiger partial charge in [0.25, 0.3) is 0 Å². The van der Waals surface area contributed by atoms with E-state index in [1.165, 1.54) is 0 Å². The van der Waals surface area contributed by atoms with Crippen molar-refractivity contribution in [3.8, 4) is 0 Å². The summed E-state index contributed by atoms with van der Waals surface area (Å²) in [5, 5.41) is 6.49. The van der Waals surface area contributed by atoms with Gasteiger partial charge in [-0.1, -0.05) is 42.5 Å². The molecule has 0 aromatic heterocycles. The Morgan fingerprint density at radius 3 is 2.56 bits per heavy atom. The summed E-state index contributed by atoms with van der Waals surface area (Å²) < 4.78 is 5.67. The molecule has 0 radical (unpaired) electrons. The van der Waals surface area contributed by atoms with E-state index in [9.17, 15) is 4.79 Å². The van der Waals surface area contributed by atoms with Gasteiger partial charge in [0.05, 0.1) is 12.7 Å². The minimum Gasteiger partial charge on any atom is -0.374 e. The Morgan fingerprint density at radius 1 is 1.12 bits per heavy atom. The molecule has 0 saturated heterocycles. The Hall–Kier alpha value is -2.33. The third-order valence-corrected chi connectivity index (χ3v) is 4.14. The third-order valence-electron chi connectivity index (χ3n) is 4.14. The maximum absolute atomic E-state index is 12.7. The SMILES string of the molecule is CC(C)OCc1cccc(N[C@H](C(=O)NC2CC2)c2ccccc2)c1. The molecule has 0 bridgehead atoms. The van der Waals surface area contributed by atoms with Crippen LogP contribution in [0.1, 0.15) is 43.9 Å². The number of rotatable bonds is 8. The third kappa shape index (κ3) is 5.33.